The molecule has 33 heavy (non-hydrogen) atoms. The van der Waals surface area contributed by atoms with Crippen LogP contribution in [-0.4, -0.2) is 36.5 Å². The Labute approximate surface area is 195 Å². The number of ether oxygens (including phenoxy) is 3. The van der Waals surface area contributed by atoms with E-state index < -0.39 is 5.82 Å². The van der Waals surface area contributed by atoms with E-state index in [1.165, 1.54) is 13.2 Å². The fourth-order valence-corrected chi connectivity index (χ4v) is 3.86. The minimum Gasteiger partial charge on any atom is -0.497 e. The molecular formula is C25H21ClFN3O3. The molecule has 0 N–H and O–H groups in total. The molecule has 2 heterocycles. The van der Waals surface area contributed by atoms with Crippen LogP contribution in [-0.2, 0) is 0 Å². The summed E-state index contributed by atoms with van der Waals surface area (Å²) in [5.74, 6) is 1.23. The zero-order chi connectivity index (χ0) is 23.5. The van der Waals surface area contributed by atoms with Gasteiger partial charge in [0.2, 0.25) is 0 Å². The van der Waals surface area contributed by atoms with E-state index in [9.17, 15) is 4.39 Å². The van der Waals surface area contributed by atoms with Crippen LogP contribution in [0.2, 0.25) is 5.02 Å². The minimum absolute atomic E-state index is 0.299. The van der Waals surface area contributed by atoms with Crippen molar-refractivity contribution in [1.82, 2.24) is 15.2 Å². The lowest BCUT2D eigenvalue weighted by atomic mass is 9.91. The third-order valence-corrected chi connectivity index (χ3v) is 5.49. The molecular weight excluding hydrogens is 445 g/mol. The highest BCUT2D eigenvalue weighted by Gasteiger charge is 2.24. The van der Waals surface area contributed by atoms with E-state index in [0.717, 1.165) is 0 Å². The largest absolute Gasteiger partial charge is 0.497 e. The second kappa shape index (κ2) is 9.42. The summed E-state index contributed by atoms with van der Waals surface area (Å²) in [6.45, 7) is 1.80. The molecule has 2 aromatic heterocycles. The lowest BCUT2D eigenvalue weighted by Crippen LogP contribution is -2.03. The molecule has 0 aliphatic rings. The van der Waals surface area contributed by atoms with Gasteiger partial charge in [-0.05, 0) is 36.8 Å². The number of aromatic nitrogens is 3. The van der Waals surface area contributed by atoms with E-state index in [0.29, 0.717) is 61.6 Å². The van der Waals surface area contributed by atoms with Crippen LogP contribution in [0.15, 0.2) is 54.7 Å². The fourth-order valence-electron chi connectivity index (χ4n) is 3.60. The Morgan fingerprint density at radius 2 is 1.45 bits per heavy atom. The van der Waals surface area contributed by atoms with Crippen molar-refractivity contribution < 1.29 is 18.6 Å². The van der Waals surface area contributed by atoms with Crippen molar-refractivity contribution in [2.45, 2.75) is 6.92 Å². The lowest BCUT2D eigenvalue weighted by Gasteiger charge is -2.18. The van der Waals surface area contributed by atoms with Gasteiger partial charge in [0.15, 0.2) is 0 Å². The van der Waals surface area contributed by atoms with Crippen molar-refractivity contribution >= 4 is 11.6 Å². The van der Waals surface area contributed by atoms with Gasteiger partial charge in [0.1, 0.15) is 28.8 Å². The van der Waals surface area contributed by atoms with Gasteiger partial charge in [-0.25, -0.2) is 4.39 Å². The predicted octanol–water partition coefficient (Wildman–Crippen LogP) is 6.00. The third-order valence-electron chi connectivity index (χ3n) is 5.21. The van der Waals surface area contributed by atoms with Gasteiger partial charge < -0.3 is 14.2 Å². The molecule has 0 saturated carbocycles. The monoisotopic (exact) mass is 465 g/mol. The minimum atomic E-state index is -0.425. The first-order valence-electron chi connectivity index (χ1n) is 10.0. The van der Waals surface area contributed by atoms with Crippen molar-refractivity contribution in [2.24, 2.45) is 0 Å². The van der Waals surface area contributed by atoms with E-state index in [2.05, 4.69) is 15.2 Å². The number of benzene rings is 2. The van der Waals surface area contributed by atoms with Gasteiger partial charge in [0, 0.05) is 28.8 Å². The molecule has 0 aliphatic carbocycles. The predicted molar refractivity (Wildman–Crippen MR) is 125 cm³/mol. The molecule has 0 aliphatic heterocycles. The average Bonchev–Trinajstić information content (AvgIpc) is 2.84. The first kappa shape index (κ1) is 22.5. The second-order valence-electron chi connectivity index (χ2n) is 7.17. The number of methoxy groups -OCH3 is 3. The summed E-state index contributed by atoms with van der Waals surface area (Å²) >= 11 is 6.61. The molecule has 168 valence electrons. The summed E-state index contributed by atoms with van der Waals surface area (Å²) in [5, 5.41) is 9.06. The van der Waals surface area contributed by atoms with Gasteiger partial charge in [-0.15, -0.1) is 5.10 Å². The molecule has 0 bridgehead atoms. The Balaban J connectivity index is 2.12. The molecule has 0 amide bonds. The van der Waals surface area contributed by atoms with E-state index >= 15 is 0 Å². The standard InChI is InChI=1S/C25H21ClFN3O3/c1-14-22(25-20(26)12-18(33-4)13-28-25)23(15-9-16(31-2)11-17(10-15)32-3)24(30-29-14)19-7-5-6-8-21(19)27/h5-13H,1-4H3. The van der Waals surface area contributed by atoms with Gasteiger partial charge in [-0.2, -0.15) is 5.10 Å². The Morgan fingerprint density at radius 1 is 0.788 bits per heavy atom. The smallest absolute Gasteiger partial charge is 0.138 e. The molecule has 8 heteroatoms. The molecule has 0 saturated heterocycles. The number of halogens is 2. The zero-order valence-corrected chi connectivity index (χ0v) is 19.3. The van der Waals surface area contributed by atoms with Crippen molar-refractivity contribution in [3.05, 3.63) is 71.3 Å². The Kier molecular flexibility index (Phi) is 6.42. The van der Waals surface area contributed by atoms with Gasteiger partial charge in [0.05, 0.1) is 43.9 Å². The number of nitrogens with zero attached hydrogens (tertiary/aromatic N) is 3. The maximum Gasteiger partial charge on any atom is 0.138 e. The molecule has 0 radical (unpaired) electrons. The maximum absolute atomic E-state index is 14.9. The number of pyridine rings is 1. The lowest BCUT2D eigenvalue weighted by molar-refractivity contribution is 0.394. The molecule has 0 unspecified atom stereocenters. The first-order chi connectivity index (χ1) is 16.0. The normalized spacial score (nSPS) is 10.7. The van der Waals surface area contributed by atoms with Crippen LogP contribution in [0.4, 0.5) is 4.39 Å². The van der Waals surface area contributed by atoms with E-state index in [4.69, 9.17) is 25.8 Å². The van der Waals surface area contributed by atoms with Gasteiger partial charge in [-0.3, -0.25) is 4.98 Å². The number of hydrogen-bond donors (Lipinski definition) is 0. The number of rotatable bonds is 6. The summed E-state index contributed by atoms with van der Waals surface area (Å²) in [6, 6.07) is 13.5. The zero-order valence-electron chi connectivity index (χ0n) is 18.5. The van der Waals surface area contributed by atoms with Gasteiger partial charge in [-0.1, -0.05) is 23.7 Å². The highest BCUT2D eigenvalue weighted by Crippen LogP contribution is 2.44. The number of hydrogen-bond acceptors (Lipinski definition) is 6. The summed E-state index contributed by atoms with van der Waals surface area (Å²) in [6.07, 6.45) is 1.57. The fraction of sp³-hybridized carbons (Fsp3) is 0.160. The highest BCUT2D eigenvalue weighted by molar-refractivity contribution is 6.33. The van der Waals surface area contributed by atoms with Crippen LogP contribution in [0.3, 0.4) is 0 Å². The summed E-state index contributed by atoms with van der Waals surface area (Å²) in [7, 11) is 4.67. The van der Waals surface area contributed by atoms with Crippen LogP contribution in [0, 0.1) is 12.7 Å². The summed E-state index contributed by atoms with van der Waals surface area (Å²) in [5.41, 5.74) is 3.60. The van der Waals surface area contributed by atoms with E-state index in [-0.39, 0.29) is 0 Å². The Hall–Kier alpha value is -3.71. The van der Waals surface area contributed by atoms with Crippen molar-refractivity contribution in [2.75, 3.05) is 21.3 Å². The average molecular weight is 466 g/mol. The maximum atomic E-state index is 14.9. The topological polar surface area (TPSA) is 66.4 Å². The number of aryl methyl sites for hydroxylation is 1. The first-order valence-corrected chi connectivity index (χ1v) is 10.4. The molecule has 0 atom stereocenters. The van der Waals surface area contributed by atoms with Crippen LogP contribution < -0.4 is 14.2 Å². The molecule has 6 nitrogen and oxygen atoms in total. The second-order valence-corrected chi connectivity index (χ2v) is 7.58. The van der Waals surface area contributed by atoms with Crippen molar-refractivity contribution in [1.29, 1.82) is 0 Å². The molecule has 4 rings (SSSR count). The van der Waals surface area contributed by atoms with E-state index in [1.54, 1.807) is 57.7 Å². The van der Waals surface area contributed by atoms with Crippen molar-refractivity contribution in [3.8, 4) is 50.9 Å². The Bertz CT molecular complexity index is 1310. The summed E-state index contributed by atoms with van der Waals surface area (Å²) in [4.78, 5) is 4.53. The van der Waals surface area contributed by atoms with E-state index in [1.807, 2.05) is 12.1 Å². The SMILES string of the molecule is COc1cc(OC)cc(-c2c(-c3ccccc3F)nnc(C)c2-c2ncc(OC)cc2Cl)c1. The van der Waals surface area contributed by atoms with Crippen molar-refractivity contribution in [3.63, 3.8) is 0 Å². The molecule has 0 spiro atoms. The summed E-state index contributed by atoms with van der Waals surface area (Å²) < 4.78 is 31.1. The molecule has 0 fully saturated rings. The Morgan fingerprint density at radius 3 is 2.06 bits per heavy atom. The molecule has 2 aromatic carbocycles. The third kappa shape index (κ3) is 4.32. The van der Waals surface area contributed by atoms with Gasteiger partial charge >= 0.3 is 0 Å². The van der Waals surface area contributed by atoms with Crippen LogP contribution in [0.5, 0.6) is 17.2 Å². The van der Waals surface area contributed by atoms with Crippen LogP contribution >= 0.6 is 11.6 Å². The molecule has 4 aromatic rings. The van der Waals surface area contributed by atoms with Crippen LogP contribution in [0.1, 0.15) is 5.69 Å². The van der Waals surface area contributed by atoms with Gasteiger partial charge in [0.25, 0.3) is 0 Å². The quantitative estimate of drug-likeness (QED) is 0.348. The highest BCUT2D eigenvalue weighted by atomic mass is 35.5. The van der Waals surface area contributed by atoms with Crippen LogP contribution in [0.25, 0.3) is 33.6 Å².